The smallest absolute Gasteiger partial charge is 0.127 e. The molecule has 3 rings (SSSR count). The number of hydrogen-bond donors (Lipinski definition) is 0. The third kappa shape index (κ3) is 5.00. The lowest BCUT2D eigenvalue weighted by atomic mass is 10.3. The molecule has 0 aliphatic rings. The maximum Gasteiger partial charge on any atom is 0.127 e. The van der Waals surface area contributed by atoms with Crippen molar-refractivity contribution in [3.8, 4) is 11.5 Å². The van der Waals surface area contributed by atoms with Gasteiger partial charge < -0.3 is 4.74 Å². The third-order valence-corrected chi connectivity index (χ3v) is 2.20. The first-order chi connectivity index (χ1) is 9.45. The Morgan fingerprint density at radius 3 is 1.37 bits per heavy atom. The van der Waals surface area contributed by atoms with Gasteiger partial charge in [-0.15, -0.1) is 0 Å². The highest BCUT2D eigenvalue weighted by Crippen LogP contribution is 2.19. The monoisotopic (exact) mass is 250 g/mol. The lowest BCUT2D eigenvalue weighted by Crippen LogP contribution is -1.81. The quantitative estimate of drug-likeness (QED) is 0.690. The fourth-order valence-electron chi connectivity index (χ4n) is 1.37. The summed E-state index contributed by atoms with van der Waals surface area (Å²) in [6.45, 7) is 0. The molecule has 1 heterocycles. The minimum absolute atomic E-state index is 0.869. The average molecular weight is 250 g/mol. The predicted octanol–water partition coefficient (Wildman–Crippen LogP) is 3.96. The molecule has 0 unspecified atom stereocenters. The van der Waals surface area contributed by atoms with E-state index >= 15 is 0 Å². The maximum atomic E-state index is 5.58. The summed E-state index contributed by atoms with van der Waals surface area (Å²) in [5.74, 6) is 1.74. The van der Waals surface area contributed by atoms with Crippen LogP contribution in [0.25, 0.3) is 0 Å². The summed E-state index contributed by atoms with van der Waals surface area (Å²) < 4.78 is 5.58. The van der Waals surface area contributed by atoms with Gasteiger partial charge in [-0.2, -0.15) is 0 Å². The van der Waals surface area contributed by atoms with Crippen molar-refractivity contribution in [2.75, 3.05) is 0 Å². The predicted molar refractivity (Wildman–Crippen MR) is 75.0 cm³/mol. The molecule has 0 amide bonds. The molecule has 0 N–H and O–H groups in total. The van der Waals surface area contributed by atoms with Crippen LogP contribution in [-0.4, -0.2) is 9.97 Å². The Hall–Kier alpha value is -2.68. The molecule has 3 nitrogen and oxygen atoms in total. The van der Waals surface area contributed by atoms with E-state index in [1.165, 1.54) is 6.33 Å². The summed E-state index contributed by atoms with van der Waals surface area (Å²) in [5, 5.41) is 0. The van der Waals surface area contributed by atoms with Crippen LogP contribution in [0.1, 0.15) is 0 Å². The molecule has 0 fully saturated rings. The zero-order valence-electron chi connectivity index (χ0n) is 10.4. The van der Waals surface area contributed by atoms with Gasteiger partial charge in [0.2, 0.25) is 0 Å². The Balaban J connectivity index is 0.000000186. The molecule has 2 aromatic carbocycles. The van der Waals surface area contributed by atoms with Crippen LogP contribution in [0.5, 0.6) is 11.5 Å². The number of hydrogen-bond acceptors (Lipinski definition) is 3. The molecule has 0 saturated carbocycles. The Kier molecular flexibility index (Phi) is 5.11. The molecule has 19 heavy (non-hydrogen) atoms. The molecular weight excluding hydrogens is 236 g/mol. The van der Waals surface area contributed by atoms with E-state index in [2.05, 4.69) is 9.97 Å². The number of para-hydroxylation sites is 2. The van der Waals surface area contributed by atoms with Crippen molar-refractivity contribution in [3.63, 3.8) is 0 Å². The van der Waals surface area contributed by atoms with Gasteiger partial charge in [0.05, 0.1) is 0 Å². The summed E-state index contributed by atoms with van der Waals surface area (Å²) in [7, 11) is 0. The van der Waals surface area contributed by atoms with Gasteiger partial charge >= 0.3 is 0 Å². The number of ether oxygens (including phenoxy) is 1. The SMILES string of the molecule is c1ccc(Oc2ccccc2)cc1.c1cncnc1. The minimum atomic E-state index is 0.869. The molecule has 0 radical (unpaired) electrons. The van der Waals surface area contributed by atoms with Crippen LogP contribution in [0.2, 0.25) is 0 Å². The van der Waals surface area contributed by atoms with Crippen molar-refractivity contribution in [2.45, 2.75) is 0 Å². The average Bonchev–Trinajstić information content (AvgIpc) is 2.52. The van der Waals surface area contributed by atoms with E-state index in [-0.39, 0.29) is 0 Å². The maximum absolute atomic E-state index is 5.58. The molecule has 3 aromatic rings. The van der Waals surface area contributed by atoms with Crippen molar-refractivity contribution in [1.82, 2.24) is 9.97 Å². The van der Waals surface area contributed by atoms with Gasteiger partial charge in [-0.1, -0.05) is 36.4 Å². The Morgan fingerprint density at radius 1 is 0.579 bits per heavy atom. The van der Waals surface area contributed by atoms with E-state index < -0.39 is 0 Å². The molecule has 94 valence electrons. The van der Waals surface area contributed by atoms with Crippen molar-refractivity contribution in [1.29, 1.82) is 0 Å². The van der Waals surface area contributed by atoms with Gasteiger partial charge in [0.15, 0.2) is 0 Å². The zero-order chi connectivity index (χ0) is 13.2. The van der Waals surface area contributed by atoms with Crippen LogP contribution in [0.3, 0.4) is 0 Å². The van der Waals surface area contributed by atoms with Gasteiger partial charge in [-0.05, 0) is 30.3 Å². The summed E-state index contributed by atoms with van der Waals surface area (Å²) >= 11 is 0. The summed E-state index contributed by atoms with van der Waals surface area (Å²) in [6, 6.07) is 21.3. The molecule has 0 aliphatic carbocycles. The molecule has 0 aliphatic heterocycles. The first kappa shape index (κ1) is 12.8. The van der Waals surface area contributed by atoms with E-state index in [0.717, 1.165) is 11.5 Å². The van der Waals surface area contributed by atoms with Crippen LogP contribution in [0.15, 0.2) is 85.5 Å². The van der Waals surface area contributed by atoms with E-state index in [1.807, 2.05) is 60.7 Å². The van der Waals surface area contributed by atoms with E-state index in [1.54, 1.807) is 18.5 Å². The lowest BCUT2D eigenvalue weighted by molar-refractivity contribution is 0.482. The summed E-state index contributed by atoms with van der Waals surface area (Å²) in [4.78, 5) is 7.35. The molecule has 0 atom stereocenters. The van der Waals surface area contributed by atoms with Gasteiger partial charge in [0, 0.05) is 12.4 Å². The summed E-state index contributed by atoms with van der Waals surface area (Å²) in [6.07, 6.45) is 4.88. The molecule has 0 spiro atoms. The fraction of sp³-hybridized carbons (Fsp3) is 0. The van der Waals surface area contributed by atoms with Crippen LogP contribution < -0.4 is 4.74 Å². The van der Waals surface area contributed by atoms with Crippen molar-refractivity contribution < 1.29 is 4.74 Å². The fourth-order valence-corrected chi connectivity index (χ4v) is 1.37. The minimum Gasteiger partial charge on any atom is -0.457 e. The van der Waals surface area contributed by atoms with Gasteiger partial charge in [0.1, 0.15) is 17.8 Å². The number of nitrogens with zero attached hydrogens (tertiary/aromatic N) is 2. The van der Waals surface area contributed by atoms with E-state index in [0.29, 0.717) is 0 Å². The summed E-state index contributed by atoms with van der Waals surface area (Å²) in [5.41, 5.74) is 0. The zero-order valence-corrected chi connectivity index (χ0v) is 10.4. The van der Waals surface area contributed by atoms with E-state index in [9.17, 15) is 0 Å². The van der Waals surface area contributed by atoms with Gasteiger partial charge in [0.25, 0.3) is 0 Å². The standard InChI is InChI=1S/C12H10O.C4H4N2/c1-3-7-11(8-4-1)13-12-9-5-2-6-10-12;1-2-5-4-6-3-1/h1-10H;1-4H. The number of rotatable bonds is 2. The topological polar surface area (TPSA) is 35.0 Å². The molecule has 0 saturated heterocycles. The van der Waals surface area contributed by atoms with Crippen LogP contribution in [0, 0.1) is 0 Å². The largest absolute Gasteiger partial charge is 0.457 e. The first-order valence-electron chi connectivity index (χ1n) is 5.93. The highest BCUT2D eigenvalue weighted by molar-refractivity contribution is 5.30. The first-order valence-corrected chi connectivity index (χ1v) is 5.93. The second-order valence-electron chi connectivity index (χ2n) is 3.63. The number of aromatic nitrogens is 2. The highest BCUT2D eigenvalue weighted by atomic mass is 16.5. The van der Waals surface area contributed by atoms with Crippen LogP contribution in [0.4, 0.5) is 0 Å². The normalized spacial score (nSPS) is 9.05. The Bertz CT molecular complexity index is 492. The Morgan fingerprint density at radius 2 is 1.05 bits per heavy atom. The molecule has 1 aromatic heterocycles. The van der Waals surface area contributed by atoms with Gasteiger partial charge in [-0.3, -0.25) is 0 Å². The molecule has 0 bridgehead atoms. The van der Waals surface area contributed by atoms with Crippen LogP contribution >= 0.6 is 0 Å². The molecular formula is C16H14N2O. The second-order valence-corrected chi connectivity index (χ2v) is 3.63. The third-order valence-electron chi connectivity index (χ3n) is 2.20. The van der Waals surface area contributed by atoms with Crippen LogP contribution in [-0.2, 0) is 0 Å². The van der Waals surface area contributed by atoms with Crippen molar-refractivity contribution in [2.24, 2.45) is 0 Å². The van der Waals surface area contributed by atoms with E-state index in [4.69, 9.17) is 4.74 Å². The number of benzene rings is 2. The molecule has 3 heteroatoms. The van der Waals surface area contributed by atoms with Crippen molar-refractivity contribution >= 4 is 0 Å². The van der Waals surface area contributed by atoms with Crippen molar-refractivity contribution in [3.05, 3.63) is 85.5 Å². The Labute approximate surface area is 112 Å². The second kappa shape index (κ2) is 7.61. The lowest BCUT2D eigenvalue weighted by Gasteiger charge is -2.03. The highest BCUT2D eigenvalue weighted by Gasteiger charge is 1.92. The van der Waals surface area contributed by atoms with Gasteiger partial charge in [-0.25, -0.2) is 9.97 Å².